The van der Waals surface area contributed by atoms with Crippen LogP contribution in [-0.4, -0.2) is 36.0 Å². The second-order valence-corrected chi connectivity index (χ2v) is 7.27. The van der Waals surface area contributed by atoms with Crippen LogP contribution < -0.4 is 18.9 Å². The molecule has 6 heteroatoms. The number of hydrogen-bond donors (Lipinski definition) is 2. The SMILES string of the molecule is C[C@@H](O)C#C/C=C/C#Cc1ccc2c(c1)OCO2.C[C@H](O)C#C/C=C/C#Cc1ccc2c(c1)OCO2. The molecule has 36 heavy (non-hydrogen) atoms. The van der Waals surface area contributed by atoms with Crippen LogP contribution in [0, 0.1) is 47.4 Å². The molecule has 0 aromatic heterocycles. The molecule has 0 saturated carbocycles. The van der Waals surface area contributed by atoms with Gasteiger partial charge in [-0.05, 0) is 74.5 Å². The lowest BCUT2D eigenvalue weighted by Crippen LogP contribution is -1.92. The summed E-state index contributed by atoms with van der Waals surface area (Å²) in [6.45, 7) is 3.75. The highest BCUT2D eigenvalue weighted by molar-refractivity contribution is 5.51. The van der Waals surface area contributed by atoms with Crippen molar-refractivity contribution in [2.45, 2.75) is 26.1 Å². The van der Waals surface area contributed by atoms with E-state index in [2.05, 4.69) is 47.4 Å². The molecule has 0 fully saturated rings. The molecule has 2 aromatic carbocycles. The molecule has 4 rings (SSSR count). The van der Waals surface area contributed by atoms with Crippen molar-refractivity contribution in [3.8, 4) is 70.4 Å². The minimum Gasteiger partial charge on any atom is -0.454 e. The van der Waals surface area contributed by atoms with Crippen LogP contribution in [0.3, 0.4) is 0 Å². The first kappa shape index (κ1) is 25.9. The van der Waals surface area contributed by atoms with E-state index in [1.165, 1.54) is 0 Å². The Morgan fingerprint density at radius 3 is 1.42 bits per heavy atom. The Balaban J connectivity index is 0.000000201. The lowest BCUT2D eigenvalue weighted by Gasteiger charge is -1.94. The van der Waals surface area contributed by atoms with Crippen LogP contribution in [0.2, 0.25) is 0 Å². The first-order valence-electron chi connectivity index (χ1n) is 11.0. The average molecular weight is 481 g/mol. The largest absolute Gasteiger partial charge is 0.454 e. The molecule has 0 bridgehead atoms. The van der Waals surface area contributed by atoms with Crippen LogP contribution in [0.25, 0.3) is 0 Å². The predicted molar refractivity (Wildman–Crippen MR) is 136 cm³/mol. The molecule has 2 heterocycles. The summed E-state index contributed by atoms with van der Waals surface area (Å²) in [6, 6.07) is 11.1. The molecule has 6 nitrogen and oxygen atoms in total. The molecular formula is C30H24O6. The molecule has 180 valence electrons. The summed E-state index contributed by atoms with van der Waals surface area (Å²) in [5, 5.41) is 17.8. The molecule has 2 N–H and O–H groups in total. The van der Waals surface area contributed by atoms with E-state index >= 15 is 0 Å². The van der Waals surface area contributed by atoms with E-state index in [9.17, 15) is 0 Å². The minimum atomic E-state index is -0.614. The second-order valence-electron chi connectivity index (χ2n) is 7.27. The van der Waals surface area contributed by atoms with E-state index in [1.54, 1.807) is 38.2 Å². The number of rotatable bonds is 0. The minimum absolute atomic E-state index is 0.265. The monoisotopic (exact) mass is 480 g/mol. The highest BCUT2D eigenvalue weighted by Gasteiger charge is 2.13. The second kappa shape index (κ2) is 13.9. The van der Waals surface area contributed by atoms with Gasteiger partial charge in [-0.3, -0.25) is 0 Å². The maximum Gasteiger partial charge on any atom is 0.231 e. The van der Waals surface area contributed by atoms with Gasteiger partial charge in [0.1, 0.15) is 12.2 Å². The summed E-state index contributed by atoms with van der Waals surface area (Å²) in [5.74, 6) is 25.1. The molecule has 0 amide bonds. The van der Waals surface area contributed by atoms with E-state index in [0.717, 1.165) is 34.1 Å². The molecule has 0 unspecified atom stereocenters. The van der Waals surface area contributed by atoms with Crippen LogP contribution in [0.1, 0.15) is 25.0 Å². The predicted octanol–water partition coefficient (Wildman–Crippen LogP) is 3.41. The Bertz CT molecular complexity index is 1260. The van der Waals surface area contributed by atoms with Gasteiger partial charge < -0.3 is 29.2 Å². The zero-order valence-electron chi connectivity index (χ0n) is 19.9. The molecular weight excluding hydrogens is 456 g/mol. The number of hydrogen-bond acceptors (Lipinski definition) is 6. The Hall–Kier alpha value is -4.72. The van der Waals surface area contributed by atoms with Gasteiger partial charge in [0.25, 0.3) is 0 Å². The van der Waals surface area contributed by atoms with Gasteiger partial charge in [-0.2, -0.15) is 0 Å². The van der Waals surface area contributed by atoms with Crippen molar-refractivity contribution in [1.29, 1.82) is 0 Å². The summed E-state index contributed by atoms with van der Waals surface area (Å²) in [5.41, 5.74) is 1.71. The normalized spacial score (nSPS) is 13.4. The molecule has 0 saturated heterocycles. The van der Waals surface area contributed by atoms with Gasteiger partial charge in [-0.15, -0.1) is 0 Å². The van der Waals surface area contributed by atoms with E-state index in [4.69, 9.17) is 29.2 Å². The Morgan fingerprint density at radius 2 is 1.00 bits per heavy atom. The number of allylic oxidation sites excluding steroid dienone is 4. The maximum atomic E-state index is 8.91. The van der Waals surface area contributed by atoms with E-state index in [0.29, 0.717) is 0 Å². The van der Waals surface area contributed by atoms with Gasteiger partial charge in [0.2, 0.25) is 13.6 Å². The van der Waals surface area contributed by atoms with Gasteiger partial charge in [0.05, 0.1) is 0 Å². The summed E-state index contributed by atoms with van der Waals surface area (Å²) >= 11 is 0. The van der Waals surface area contributed by atoms with Gasteiger partial charge in [0, 0.05) is 11.1 Å². The fourth-order valence-electron chi connectivity index (χ4n) is 2.70. The Kier molecular flexibility index (Phi) is 9.97. The number of benzene rings is 2. The van der Waals surface area contributed by atoms with Crippen molar-refractivity contribution in [3.05, 3.63) is 71.8 Å². The van der Waals surface area contributed by atoms with Crippen LogP contribution in [0.4, 0.5) is 0 Å². The highest BCUT2D eigenvalue weighted by Crippen LogP contribution is 2.32. The summed E-state index contributed by atoms with van der Waals surface area (Å²) in [4.78, 5) is 0. The van der Waals surface area contributed by atoms with Crippen molar-refractivity contribution in [2.75, 3.05) is 13.6 Å². The third-order valence-electron chi connectivity index (χ3n) is 4.26. The van der Waals surface area contributed by atoms with E-state index in [-0.39, 0.29) is 13.6 Å². The van der Waals surface area contributed by atoms with Crippen LogP contribution >= 0.6 is 0 Å². The molecule has 0 spiro atoms. The summed E-state index contributed by atoms with van der Waals surface area (Å²) < 4.78 is 20.9. The number of fused-ring (bicyclic) bond motifs is 2. The lowest BCUT2D eigenvalue weighted by atomic mass is 10.2. The van der Waals surface area contributed by atoms with Crippen molar-refractivity contribution >= 4 is 0 Å². The molecule has 2 aliphatic heterocycles. The standard InChI is InChI=1S/2C15H12O3/c2*1-12(16)6-4-2-3-5-7-13-8-9-14-15(10-13)18-11-17-14/h2*2-3,8-10,12,16H,11H2,1H3/b2*3-2+/t2*12-/m10/s1. The van der Waals surface area contributed by atoms with Crippen molar-refractivity contribution < 1.29 is 29.2 Å². The first-order valence-corrected chi connectivity index (χ1v) is 11.0. The molecule has 2 atom stereocenters. The molecule has 0 radical (unpaired) electrons. The fourth-order valence-corrected chi connectivity index (χ4v) is 2.70. The molecule has 2 aromatic rings. The number of ether oxygens (including phenoxy) is 4. The smallest absolute Gasteiger partial charge is 0.231 e. The van der Waals surface area contributed by atoms with Crippen molar-refractivity contribution in [1.82, 2.24) is 0 Å². The zero-order valence-corrected chi connectivity index (χ0v) is 19.9. The van der Waals surface area contributed by atoms with Crippen molar-refractivity contribution in [2.24, 2.45) is 0 Å². The zero-order chi connectivity index (χ0) is 25.6. The van der Waals surface area contributed by atoms with Crippen molar-refractivity contribution in [3.63, 3.8) is 0 Å². The Morgan fingerprint density at radius 1 is 0.611 bits per heavy atom. The summed E-state index contributed by atoms with van der Waals surface area (Å²) in [7, 11) is 0. The van der Waals surface area contributed by atoms with Gasteiger partial charge >= 0.3 is 0 Å². The van der Waals surface area contributed by atoms with Crippen LogP contribution in [0.5, 0.6) is 23.0 Å². The van der Waals surface area contributed by atoms with Gasteiger partial charge in [0.15, 0.2) is 23.0 Å². The maximum absolute atomic E-state index is 8.91. The van der Waals surface area contributed by atoms with Crippen LogP contribution in [-0.2, 0) is 0 Å². The van der Waals surface area contributed by atoms with Gasteiger partial charge in [-0.25, -0.2) is 0 Å². The lowest BCUT2D eigenvalue weighted by molar-refractivity contribution is 0.173. The number of aliphatic hydroxyl groups excluding tert-OH is 2. The van der Waals surface area contributed by atoms with Gasteiger partial charge in [-0.1, -0.05) is 47.4 Å². The van der Waals surface area contributed by atoms with Crippen LogP contribution in [0.15, 0.2) is 60.7 Å². The van der Waals surface area contributed by atoms with E-state index < -0.39 is 12.2 Å². The molecule has 0 aliphatic carbocycles. The number of aliphatic hydroxyl groups is 2. The summed E-state index contributed by atoms with van der Waals surface area (Å²) in [6.07, 6.45) is 5.26. The van der Waals surface area contributed by atoms with E-state index in [1.807, 2.05) is 36.4 Å². The fraction of sp³-hybridized carbons (Fsp3) is 0.200. The topological polar surface area (TPSA) is 77.4 Å². The average Bonchev–Trinajstić information content (AvgIpc) is 3.52. The third kappa shape index (κ3) is 8.90. The quantitative estimate of drug-likeness (QED) is 0.563. The highest BCUT2D eigenvalue weighted by atomic mass is 16.7. The third-order valence-corrected chi connectivity index (χ3v) is 4.26. The molecule has 2 aliphatic rings. The first-order chi connectivity index (χ1) is 17.5. The Labute approximate surface area is 211 Å².